The quantitative estimate of drug-likeness (QED) is 0.520. The van der Waals surface area contributed by atoms with Crippen LogP contribution in [0.25, 0.3) is 0 Å². The monoisotopic (exact) mass is 272 g/mol. The fraction of sp³-hybridized carbons (Fsp3) is 0.500. The first-order valence-electron chi connectivity index (χ1n) is 5.51. The van der Waals surface area contributed by atoms with Gasteiger partial charge in [0, 0.05) is 4.75 Å². The summed E-state index contributed by atoms with van der Waals surface area (Å²) >= 11 is 0. The van der Waals surface area contributed by atoms with Gasteiger partial charge in [-0.1, -0.05) is 10.3 Å². The maximum atomic E-state index is 10.8. The summed E-state index contributed by atoms with van der Waals surface area (Å²) in [4.78, 5) is 10.3. The van der Waals surface area contributed by atoms with Crippen molar-refractivity contribution in [2.24, 2.45) is 0 Å². The molecule has 1 aromatic rings. The maximum absolute atomic E-state index is 10.8. The van der Waals surface area contributed by atoms with E-state index in [1.165, 1.54) is 12.1 Å². The Balaban J connectivity index is 3.07. The van der Waals surface area contributed by atoms with E-state index in [0.29, 0.717) is 5.75 Å². The Morgan fingerprint density at radius 1 is 1.33 bits per heavy atom. The third kappa shape index (κ3) is 3.07. The number of nitrogens with two attached hydrogens (primary N) is 1. The predicted molar refractivity (Wildman–Crippen MR) is 77.3 cm³/mol. The highest BCUT2D eigenvalue weighted by Crippen LogP contribution is 2.53. The Morgan fingerprint density at radius 2 is 1.89 bits per heavy atom. The zero-order valence-corrected chi connectivity index (χ0v) is 12.2. The molecule has 2 N–H and O–H groups in total. The summed E-state index contributed by atoms with van der Waals surface area (Å²) in [7, 11) is -1.37. The van der Waals surface area contributed by atoms with Gasteiger partial charge in [0.2, 0.25) is 0 Å². The second-order valence-electron chi connectivity index (χ2n) is 5.41. The molecule has 0 aliphatic heterocycles. The smallest absolute Gasteiger partial charge is 0.295 e. The summed E-state index contributed by atoms with van der Waals surface area (Å²) in [5, 5.41) is 10.8. The molecule has 18 heavy (non-hydrogen) atoms. The fourth-order valence-corrected chi connectivity index (χ4v) is 1.93. The van der Waals surface area contributed by atoms with Gasteiger partial charge in [-0.25, -0.2) is 0 Å². The first-order chi connectivity index (χ1) is 8.04. The first-order valence-corrected chi connectivity index (χ1v) is 7.88. The average Bonchev–Trinajstić information content (AvgIpc) is 2.18. The molecule has 0 aliphatic carbocycles. The molecule has 0 aromatic heterocycles. The van der Waals surface area contributed by atoms with Crippen molar-refractivity contribution >= 4 is 21.7 Å². The molecule has 0 unspecified atom stereocenters. The molecule has 0 bridgehead atoms. The second-order valence-corrected chi connectivity index (χ2v) is 9.26. The van der Waals surface area contributed by atoms with Gasteiger partial charge in [0.1, 0.15) is 11.4 Å². The van der Waals surface area contributed by atoms with Crippen molar-refractivity contribution in [2.75, 3.05) is 18.2 Å². The lowest BCUT2D eigenvalue weighted by molar-refractivity contribution is -0.383. The molecule has 1 rings (SSSR count). The van der Waals surface area contributed by atoms with E-state index in [2.05, 4.69) is 20.8 Å². The maximum Gasteiger partial charge on any atom is 0.295 e. The van der Waals surface area contributed by atoms with Crippen LogP contribution in [0.3, 0.4) is 0 Å². The summed E-state index contributed by atoms with van der Waals surface area (Å²) in [6, 6.07) is 4.56. The highest BCUT2D eigenvalue weighted by molar-refractivity contribution is 8.30. The number of hydrogen-bond acceptors (Lipinski definition) is 4. The minimum Gasteiger partial charge on any atom is -0.449 e. The van der Waals surface area contributed by atoms with Crippen LogP contribution in [0.2, 0.25) is 0 Å². The van der Waals surface area contributed by atoms with Crippen molar-refractivity contribution in [2.45, 2.75) is 25.5 Å². The van der Waals surface area contributed by atoms with Crippen LogP contribution in [0.1, 0.15) is 20.8 Å². The molecule has 0 saturated heterocycles. The normalized spacial score (nSPS) is 13.2. The highest BCUT2D eigenvalue weighted by Gasteiger charge is 2.30. The van der Waals surface area contributed by atoms with Crippen molar-refractivity contribution < 1.29 is 9.11 Å². The summed E-state index contributed by atoms with van der Waals surface area (Å²) in [5.74, 6) is 0.492. The van der Waals surface area contributed by atoms with E-state index in [0.717, 1.165) is 0 Å². The van der Waals surface area contributed by atoms with E-state index in [9.17, 15) is 10.1 Å². The van der Waals surface area contributed by atoms with E-state index < -0.39 is 15.2 Å². The van der Waals surface area contributed by atoms with E-state index in [4.69, 9.17) is 9.92 Å². The largest absolute Gasteiger partial charge is 0.449 e. The van der Waals surface area contributed by atoms with Gasteiger partial charge in [-0.05, 0) is 45.4 Å². The van der Waals surface area contributed by atoms with Crippen molar-refractivity contribution in [1.29, 1.82) is 0 Å². The number of nitrogens with zero attached hydrogens (tertiary/aromatic N) is 1. The molecule has 6 heteroatoms. The molecule has 0 fully saturated rings. The topological polar surface area (TPSA) is 78.4 Å². The van der Waals surface area contributed by atoms with Gasteiger partial charge in [-0.3, -0.25) is 10.1 Å². The Bertz CT molecular complexity index is 467. The molecular weight excluding hydrogens is 252 g/mol. The number of benzene rings is 1. The van der Waals surface area contributed by atoms with Crippen LogP contribution in [0, 0.1) is 10.1 Å². The molecule has 0 radical (unpaired) electrons. The zero-order valence-electron chi connectivity index (χ0n) is 11.4. The molecule has 0 saturated carbocycles. The van der Waals surface area contributed by atoms with Gasteiger partial charge < -0.3 is 9.92 Å². The summed E-state index contributed by atoms with van der Waals surface area (Å²) in [5.41, 5.74) is 5.58. The van der Waals surface area contributed by atoms with Crippen LogP contribution in [-0.2, 0) is 0 Å². The molecule has 1 aromatic carbocycles. The van der Waals surface area contributed by atoms with E-state index in [1.807, 2.05) is 12.5 Å². The molecule has 5 nitrogen and oxygen atoms in total. The summed E-state index contributed by atoms with van der Waals surface area (Å²) in [6.07, 6.45) is 4.07. The average molecular weight is 272 g/mol. The number of rotatable bonds is 3. The van der Waals surface area contributed by atoms with Crippen LogP contribution in [-0.4, -0.2) is 22.2 Å². The molecule has 0 atom stereocenters. The fourth-order valence-electron chi connectivity index (χ4n) is 1.10. The predicted octanol–water partition coefficient (Wildman–Crippen LogP) is 3.33. The van der Waals surface area contributed by atoms with Gasteiger partial charge in [-0.2, -0.15) is 0 Å². The minimum atomic E-state index is -1.37. The van der Waals surface area contributed by atoms with Gasteiger partial charge in [0.15, 0.2) is 0 Å². The Hall–Kier alpha value is -1.43. The molecule has 0 spiro atoms. The van der Waals surface area contributed by atoms with Crippen LogP contribution in [0.5, 0.6) is 5.75 Å². The number of nitro benzene ring substituents is 1. The van der Waals surface area contributed by atoms with Gasteiger partial charge in [0.25, 0.3) is 5.69 Å². The first kappa shape index (κ1) is 14.6. The van der Waals surface area contributed by atoms with Gasteiger partial charge in [0.05, 0.1) is 11.0 Å². The van der Waals surface area contributed by atoms with E-state index >= 15 is 0 Å². The van der Waals surface area contributed by atoms with Crippen molar-refractivity contribution in [3.8, 4) is 5.75 Å². The number of nitro groups is 1. The van der Waals surface area contributed by atoms with Gasteiger partial charge >= 0.3 is 0 Å². The zero-order chi connectivity index (χ0) is 14.1. The third-order valence-electron chi connectivity index (χ3n) is 2.98. The standard InChI is InChI=1S/C12H20N2O3S/c1-12(2,3)18(4,5)17-9-6-7-10(13)11(8-9)14(15)16/h6-8H,13H2,1-5H3. The minimum absolute atomic E-state index is 0.0107. The van der Waals surface area contributed by atoms with Crippen LogP contribution >= 0.6 is 10.3 Å². The molecule has 0 aliphatic rings. The SMILES string of the molecule is CC(C)(C)S(C)(C)Oc1ccc(N)c([N+](=O)[O-])c1. The molecular formula is C12H20N2O3S. The lowest BCUT2D eigenvalue weighted by Gasteiger charge is -2.43. The Kier molecular flexibility index (Phi) is 3.81. The summed E-state index contributed by atoms with van der Waals surface area (Å²) < 4.78 is 5.92. The lowest BCUT2D eigenvalue weighted by Crippen LogP contribution is -2.27. The number of nitrogen functional groups attached to an aromatic ring is 1. The molecule has 0 amide bonds. The molecule has 102 valence electrons. The third-order valence-corrected chi connectivity index (χ3v) is 6.54. The number of hydrogen-bond donors (Lipinski definition) is 1. The van der Waals surface area contributed by atoms with Crippen LogP contribution in [0.15, 0.2) is 18.2 Å². The number of anilines is 1. The van der Waals surface area contributed by atoms with Crippen molar-refractivity contribution in [3.63, 3.8) is 0 Å². The van der Waals surface area contributed by atoms with Crippen LogP contribution < -0.4 is 9.92 Å². The van der Waals surface area contributed by atoms with E-state index in [-0.39, 0.29) is 16.1 Å². The summed E-state index contributed by atoms with van der Waals surface area (Å²) in [6.45, 7) is 6.27. The molecule has 0 heterocycles. The Morgan fingerprint density at radius 3 is 2.33 bits per heavy atom. The van der Waals surface area contributed by atoms with Gasteiger partial charge in [-0.15, -0.1) is 0 Å². The lowest BCUT2D eigenvalue weighted by atomic mass is 10.2. The second kappa shape index (κ2) is 4.68. The van der Waals surface area contributed by atoms with Crippen molar-refractivity contribution in [1.82, 2.24) is 0 Å². The van der Waals surface area contributed by atoms with Crippen molar-refractivity contribution in [3.05, 3.63) is 28.3 Å². The van der Waals surface area contributed by atoms with Crippen LogP contribution in [0.4, 0.5) is 11.4 Å². The highest BCUT2D eigenvalue weighted by atomic mass is 32.3. The Labute approximate surface area is 109 Å². The van der Waals surface area contributed by atoms with E-state index in [1.54, 1.807) is 6.07 Å².